The molecule has 1 aliphatic rings. The van der Waals surface area contributed by atoms with E-state index in [1.807, 2.05) is 13.8 Å². The molecule has 3 N–H and O–H groups in total. The first-order valence-corrected chi connectivity index (χ1v) is 5.43. The van der Waals surface area contributed by atoms with E-state index in [-0.39, 0.29) is 0 Å². The summed E-state index contributed by atoms with van der Waals surface area (Å²) in [5.41, 5.74) is 0.604. The van der Waals surface area contributed by atoms with Crippen molar-refractivity contribution in [1.82, 2.24) is 0 Å². The van der Waals surface area contributed by atoms with Gasteiger partial charge in [0.25, 0.3) is 0 Å². The molecular formula is C13H22O3. The van der Waals surface area contributed by atoms with Crippen LogP contribution in [0.3, 0.4) is 0 Å². The molecule has 1 rings (SSSR count). The molecule has 1 aliphatic carbocycles. The summed E-state index contributed by atoms with van der Waals surface area (Å²) < 4.78 is 0. The maximum Gasteiger partial charge on any atom is 0.110 e. The van der Waals surface area contributed by atoms with Crippen LogP contribution >= 0.6 is 0 Å². The van der Waals surface area contributed by atoms with Crippen LogP contribution in [0.25, 0.3) is 0 Å². The first-order chi connectivity index (χ1) is 7.35. The third-order valence-electron chi connectivity index (χ3n) is 2.22. The fourth-order valence-corrected chi connectivity index (χ4v) is 1.10. The van der Waals surface area contributed by atoms with Crippen LogP contribution in [-0.4, -0.2) is 33.6 Å². The zero-order valence-corrected chi connectivity index (χ0v) is 10.3. The Morgan fingerprint density at radius 3 is 2.38 bits per heavy atom. The summed E-state index contributed by atoms with van der Waals surface area (Å²) in [6.45, 7) is 9.45. The smallest absolute Gasteiger partial charge is 0.110 e. The fourth-order valence-electron chi connectivity index (χ4n) is 1.10. The molecule has 0 saturated heterocycles. The normalized spacial score (nSPS) is 27.9. The summed E-state index contributed by atoms with van der Waals surface area (Å²) in [7, 11) is 0. The fraction of sp³-hybridized carbons (Fsp3) is 0.538. The molecule has 2 unspecified atom stereocenters. The summed E-state index contributed by atoms with van der Waals surface area (Å²) in [4.78, 5) is 0. The van der Waals surface area contributed by atoms with Crippen LogP contribution < -0.4 is 0 Å². The average Bonchev–Trinajstić information content (AvgIpc) is 2.22. The highest BCUT2D eigenvalue weighted by Gasteiger charge is 2.28. The predicted molar refractivity (Wildman–Crippen MR) is 66.0 cm³/mol. The van der Waals surface area contributed by atoms with Crippen LogP contribution in [0, 0.1) is 0 Å². The molecule has 0 radical (unpaired) electrons. The van der Waals surface area contributed by atoms with Gasteiger partial charge in [0.2, 0.25) is 0 Å². The Bertz CT molecular complexity index is 286. The van der Waals surface area contributed by atoms with Gasteiger partial charge in [0.1, 0.15) is 11.7 Å². The summed E-state index contributed by atoms with van der Waals surface area (Å²) in [6.07, 6.45) is 5.02. The third kappa shape index (κ3) is 4.75. The van der Waals surface area contributed by atoms with Crippen LogP contribution in [0.15, 0.2) is 36.0 Å². The Morgan fingerprint density at radius 1 is 1.56 bits per heavy atom. The summed E-state index contributed by atoms with van der Waals surface area (Å²) in [5.74, 6) is 0. The molecule has 0 saturated carbocycles. The third-order valence-corrected chi connectivity index (χ3v) is 2.22. The largest absolute Gasteiger partial charge is 0.396 e. The number of allylic oxidation sites excluding steroid dienone is 3. The summed E-state index contributed by atoms with van der Waals surface area (Å²) >= 11 is 0. The van der Waals surface area contributed by atoms with Crippen molar-refractivity contribution >= 4 is 0 Å². The van der Waals surface area contributed by atoms with Gasteiger partial charge in [-0.25, -0.2) is 0 Å². The molecule has 16 heavy (non-hydrogen) atoms. The lowest BCUT2D eigenvalue weighted by molar-refractivity contribution is -0.00133. The average molecular weight is 226 g/mol. The highest BCUT2D eigenvalue weighted by Crippen LogP contribution is 2.24. The van der Waals surface area contributed by atoms with Crippen molar-refractivity contribution < 1.29 is 15.3 Å². The second-order valence-corrected chi connectivity index (χ2v) is 4.13. The molecule has 0 aliphatic heterocycles. The first-order valence-electron chi connectivity index (χ1n) is 5.43. The van der Waals surface area contributed by atoms with Crippen LogP contribution in [-0.2, 0) is 0 Å². The molecule has 0 spiro atoms. The van der Waals surface area contributed by atoms with Crippen LogP contribution in [0.5, 0.6) is 0 Å². The number of aliphatic hydroxyl groups is 3. The molecule has 2 atom stereocenters. The molecule has 3 nitrogen and oxygen atoms in total. The lowest BCUT2D eigenvalue weighted by atomic mass is 9.89. The van der Waals surface area contributed by atoms with Crippen molar-refractivity contribution in [3.8, 4) is 0 Å². The minimum absolute atomic E-state index is 0.319. The number of hydrogen-bond acceptors (Lipinski definition) is 3. The lowest BCUT2D eigenvalue weighted by Gasteiger charge is -2.27. The van der Waals surface area contributed by atoms with Gasteiger partial charge in [-0.05, 0) is 31.9 Å². The van der Waals surface area contributed by atoms with Gasteiger partial charge in [0.15, 0.2) is 0 Å². The number of aliphatic hydroxyl groups excluding tert-OH is 2. The molecule has 0 aromatic heterocycles. The zero-order chi connectivity index (χ0) is 12.8. The Kier molecular flexibility index (Phi) is 6.26. The Morgan fingerprint density at radius 2 is 2.06 bits per heavy atom. The SMILES string of the molecule is C=C(C)C1=CC(C)(O)C(O)C=C1.CCCO. The van der Waals surface area contributed by atoms with E-state index in [1.165, 1.54) is 0 Å². The molecular weight excluding hydrogens is 204 g/mol. The van der Waals surface area contributed by atoms with E-state index in [9.17, 15) is 10.2 Å². The van der Waals surface area contributed by atoms with E-state index >= 15 is 0 Å². The molecule has 0 amide bonds. The maximum absolute atomic E-state index is 9.64. The highest BCUT2D eigenvalue weighted by molar-refractivity contribution is 5.42. The second-order valence-electron chi connectivity index (χ2n) is 4.13. The van der Waals surface area contributed by atoms with E-state index in [2.05, 4.69) is 6.58 Å². The van der Waals surface area contributed by atoms with Gasteiger partial charge in [-0.1, -0.05) is 31.2 Å². The van der Waals surface area contributed by atoms with Crippen LogP contribution in [0.1, 0.15) is 27.2 Å². The van der Waals surface area contributed by atoms with E-state index in [0.29, 0.717) is 6.61 Å². The van der Waals surface area contributed by atoms with Gasteiger partial charge in [-0.15, -0.1) is 0 Å². The molecule has 0 aromatic carbocycles. The highest BCUT2D eigenvalue weighted by atomic mass is 16.3. The van der Waals surface area contributed by atoms with Gasteiger partial charge in [0.05, 0.1) is 0 Å². The molecule has 0 aromatic rings. The van der Waals surface area contributed by atoms with Crippen molar-refractivity contribution in [2.45, 2.75) is 38.9 Å². The van der Waals surface area contributed by atoms with Crippen molar-refractivity contribution in [2.75, 3.05) is 6.61 Å². The minimum atomic E-state index is -1.16. The topological polar surface area (TPSA) is 60.7 Å². The Hall–Kier alpha value is -0.900. The second kappa shape index (κ2) is 6.63. The molecule has 0 fully saturated rings. The molecule has 0 heterocycles. The van der Waals surface area contributed by atoms with Gasteiger partial charge in [0, 0.05) is 6.61 Å². The van der Waals surface area contributed by atoms with Gasteiger partial charge in [-0.3, -0.25) is 0 Å². The van der Waals surface area contributed by atoms with Crippen LogP contribution in [0.4, 0.5) is 0 Å². The van der Waals surface area contributed by atoms with E-state index in [4.69, 9.17) is 5.11 Å². The Balaban J connectivity index is 0.000000487. The molecule has 3 heteroatoms. The number of rotatable bonds is 2. The maximum atomic E-state index is 9.64. The first kappa shape index (κ1) is 15.1. The summed E-state index contributed by atoms with van der Waals surface area (Å²) in [6, 6.07) is 0. The van der Waals surface area contributed by atoms with E-state index < -0.39 is 11.7 Å². The summed E-state index contributed by atoms with van der Waals surface area (Å²) in [5, 5.41) is 26.8. The molecule has 0 bridgehead atoms. The van der Waals surface area contributed by atoms with Crippen LogP contribution in [0.2, 0.25) is 0 Å². The zero-order valence-electron chi connectivity index (χ0n) is 10.3. The monoisotopic (exact) mass is 226 g/mol. The van der Waals surface area contributed by atoms with E-state index in [1.54, 1.807) is 25.2 Å². The predicted octanol–water partition coefficient (Wildman–Crippen LogP) is 1.56. The van der Waals surface area contributed by atoms with Crippen molar-refractivity contribution in [2.24, 2.45) is 0 Å². The van der Waals surface area contributed by atoms with E-state index in [0.717, 1.165) is 17.6 Å². The van der Waals surface area contributed by atoms with Gasteiger partial charge in [-0.2, -0.15) is 0 Å². The van der Waals surface area contributed by atoms with Crippen molar-refractivity contribution in [1.29, 1.82) is 0 Å². The number of hydrogen-bond donors (Lipinski definition) is 3. The van der Waals surface area contributed by atoms with Gasteiger partial charge >= 0.3 is 0 Å². The Labute approximate surface area is 97.4 Å². The van der Waals surface area contributed by atoms with Gasteiger partial charge < -0.3 is 15.3 Å². The van der Waals surface area contributed by atoms with Crippen molar-refractivity contribution in [3.63, 3.8) is 0 Å². The quantitative estimate of drug-likeness (QED) is 0.669. The standard InChI is InChI=1S/C10H14O2.C3H8O/c1-7(2)8-4-5-9(11)10(3,12)6-8;1-2-3-4/h4-6,9,11-12H,1H2,2-3H3;4H,2-3H2,1H3. The van der Waals surface area contributed by atoms with Crippen molar-refractivity contribution in [3.05, 3.63) is 36.0 Å². The molecule has 92 valence electrons. The minimum Gasteiger partial charge on any atom is -0.396 e. The lowest BCUT2D eigenvalue weighted by Crippen LogP contribution is -2.37.